The van der Waals surface area contributed by atoms with Crippen LogP contribution in [0.3, 0.4) is 0 Å². The number of ether oxygens (including phenoxy) is 2. The third-order valence-corrected chi connectivity index (χ3v) is 10.7. The summed E-state index contributed by atoms with van der Waals surface area (Å²) >= 11 is 0. The van der Waals surface area contributed by atoms with Crippen molar-refractivity contribution < 1.29 is 23.9 Å². The van der Waals surface area contributed by atoms with E-state index in [0.717, 1.165) is 33.4 Å². The van der Waals surface area contributed by atoms with Crippen LogP contribution < -0.4 is 14.4 Å². The summed E-state index contributed by atoms with van der Waals surface area (Å²) in [5.41, 5.74) is 4.33. The van der Waals surface area contributed by atoms with Crippen LogP contribution in [0, 0.1) is 25.7 Å². The number of ketones is 1. The van der Waals surface area contributed by atoms with Gasteiger partial charge in [0.25, 0.3) is 0 Å². The molecule has 0 unspecified atom stereocenters. The molecular weight excluding hydrogens is 598 g/mol. The highest BCUT2D eigenvalue weighted by Crippen LogP contribution is 2.74. The number of amides is 2. The number of carbonyl (C=O) groups is 3. The molecule has 5 aromatic rings. The van der Waals surface area contributed by atoms with Crippen LogP contribution >= 0.6 is 0 Å². The number of hydrogen-bond acceptors (Lipinski definition) is 5. The van der Waals surface area contributed by atoms with Crippen LogP contribution in [-0.2, 0) is 25.2 Å². The molecule has 234 valence electrons. The van der Waals surface area contributed by atoms with Gasteiger partial charge in [0.15, 0.2) is 17.3 Å². The second-order valence-electron chi connectivity index (χ2n) is 13.2. The van der Waals surface area contributed by atoms with Crippen molar-refractivity contribution >= 4 is 34.4 Å². The number of rotatable bonds is 5. The molecule has 4 aliphatic rings. The number of allylic oxidation sites excluding steroid dienone is 2. The van der Waals surface area contributed by atoms with Crippen LogP contribution in [0.5, 0.6) is 11.5 Å². The van der Waals surface area contributed by atoms with Crippen molar-refractivity contribution in [1.82, 2.24) is 0 Å². The molecule has 6 heteroatoms. The van der Waals surface area contributed by atoms with Crippen molar-refractivity contribution in [3.05, 3.63) is 161 Å². The summed E-state index contributed by atoms with van der Waals surface area (Å²) in [6.45, 7) is 4.13. The first kappa shape index (κ1) is 28.5. The monoisotopic (exact) mass is 629 g/mol. The van der Waals surface area contributed by atoms with E-state index in [-0.39, 0.29) is 12.6 Å². The number of aryl methyl sites for hydroxylation is 2. The van der Waals surface area contributed by atoms with Crippen LogP contribution in [0.15, 0.2) is 127 Å². The maximum absolute atomic E-state index is 16.0. The first-order valence-corrected chi connectivity index (χ1v) is 16.2. The zero-order valence-electron chi connectivity index (χ0n) is 26.5. The smallest absolute Gasteiger partial charge is 0.239 e. The predicted octanol–water partition coefficient (Wildman–Crippen LogP) is 7.22. The molecule has 0 radical (unpaired) electrons. The van der Waals surface area contributed by atoms with Crippen molar-refractivity contribution in [3.8, 4) is 11.5 Å². The maximum Gasteiger partial charge on any atom is 0.239 e. The lowest BCUT2D eigenvalue weighted by molar-refractivity contribution is -0.130. The Morgan fingerprint density at radius 3 is 1.50 bits per heavy atom. The van der Waals surface area contributed by atoms with E-state index in [2.05, 4.69) is 0 Å². The Hall–Kier alpha value is -5.75. The summed E-state index contributed by atoms with van der Waals surface area (Å²) in [7, 11) is 0. The van der Waals surface area contributed by atoms with Crippen molar-refractivity contribution in [2.24, 2.45) is 11.8 Å². The van der Waals surface area contributed by atoms with Gasteiger partial charge < -0.3 is 9.47 Å². The second kappa shape index (κ2) is 10.1. The molecule has 5 aromatic carbocycles. The van der Waals surface area contributed by atoms with Crippen LogP contribution in [0.1, 0.15) is 33.4 Å². The summed E-state index contributed by atoms with van der Waals surface area (Å²) in [5, 5.41) is 0. The molecule has 2 heterocycles. The van der Waals surface area contributed by atoms with Gasteiger partial charge in [-0.3, -0.25) is 14.4 Å². The summed E-state index contributed by atoms with van der Waals surface area (Å²) in [4.78, 5) is 47.6. The van der Waals surface area contributed by atoms with Crippen LogP contribution in [0.2, 0.25) is 0 Å². The third kappa shape index (κ3) is 3.49. The quantitative estimate of drug-likeness (QED) is 0.192. The molecule has 0 spiro atoms. The average Bonchev–Trinajstić information content (AvgIpc) is 3.82. The topological polar surface area (TPSA) is 72.9 Å². The van der Waals surface area contributed by atoms with Crippen LogP contribution in [-0.4, -0.2) is 24.4 Å². The van der Waals surface area contributed by atoms with Crippen molar-refractivity contribution in [2.75, 3.05) is 11.7 Å². The van der Waals surface area contributed by atoms with Gasteiger partial charge >= 0.3 is 0 Å². The van der Waals surface area contributed by atoms with Gasteiger partial charge in [-0.1, -0.05) is 120 Å². The Morgan fingerprint density at radius 1 is 0.562 bits per heavy atom. The molecule has 0 N–H and O–H groups in total. The van der Waals surface area contributed by atoms with Gasteiger partial charge in [-0.15, -0.1) is 0 Å². The fourth-order valence-electron chi connectivity index (χ4n) is 8.84. The summed E-state index contributed by atoms with van der Waals surface area (Å²) in [6.07, 6.45) is 0. The minimum absolute atomic E-state index is 0.0679. The van der Waals surface area contributed by atoms with E-state index in [1.54, 1.807) is 18.2 Å². The molecule has 48 heavy (non-hydrogen) atoms. The Balaban J connectivity index is 1.42. The molecule has 1 saturated heterocycles. The number of nitrogens with zero attached hydrogens (tertiary/aromatic N) is 1. The first-order chi connectivity index (χ1) is 23.4. The summed E-state index contributed by atoms with van der Waals surface area (Å²) in [5.74, 6) is -1.89. The molecule has 1 saturated carbocycles. The number of anilines is 1. The highest BCUT2D eigenvalue weighted by atomic mass is 16.7. The molecule has 2 aliphatic heterocycles. The average molecular weight is 630 g/mol. The van der Waals surface area contributed by atoms with E-state index < -0.39 is 34.5 Å². The van der Waals surface area contributed by atoms with Gasteiger partial charge in [0, 0.05) is 6.07 Å². The minimum atomic E-state index is -1.45. The number of fused-ring (bicyclic) bond motifs is 6. The first-order valence-electron chi connectivity index (χ1n) is 16.2. The Labute approximate surface area is 278 Å². The maximum atomic E-state index is 16.0. The molecule has 9 rings (SSSR count). The van der Waals surface area contributed by atoms with E-state index in [9.17, 15) is 0 Å². The minimum Gasteiger partial charge on any atom is -0.454 e. The molecule has 6 nitrogen and oxygen atoms in total. The molecule has 4 atom stereocenters. The Kier molecular flexibility index (Phi) is 6.00. The number of benzene rings is 5. The number of hydrogen-bond donors (Lipinski definition) is 0. The lowest BCUT2D eigenvalue weighted by atomic mass is 9.59. The normalized spacial score (nSPS) is 25.3. The van der Waals surface area contributed by atoms with Gasteiger partial charge in [0.05, 0.1) is 28.4 Å². The lowest BCUT2D eigenvalue weighted by Gasteiger charge is -2.39. The Bertz CT molecular complexity index is 2060. The van der Waals surface area contributed by atoms with E-state index in [0.29, 0.717) is 28.3 Å². The van der Waals surface area contributed by atoms with Crippen LogP contribution in [0.4, 0.5) is 5.69 Å². The lowest BCUT2D eigenvalue weighted by Crippen LogP contribution is -2.45. The molecule has 2 amide bonds. The van der Waals surface area contributed by atoms with Crippen molar-refractivity contribution in [1.29, 1.82) is 0 Å². The van der Waals surface area contributed by atoms with E-state index in [4.69, 9.17) is 9.47 Å². The zero-order chi connectivity index (χ0) is 32.8. The van der Waals surface area contributed by atoms with E-state index >= 15 is 14.4 Å². The SMILES string of the molecule is Cc1ccc(C2=C(c3ccc(C)cc3)[C@@]3(c4ccccc4)C(=O)[C@@]2(c2ccccc2)[C@H]2C(=O)N(c4ccc5c(c4)OCO5)C(=O)[C@@H]23)cc1. The highest BCUT2D eigenvalue weighted by Gasteiger charge is 2.82. The van der Waals surface area contributed by atoms with Gasteiger partial charge in [0.1, 0.15) is 0 Å². The standard InChI is InChI=1S/C42H31NO5/c1-25-13-17-27(18-14-25)34-35(28-19-15-26(2)16-20-28)42(30-11-7-4-8-12-30)37-36(41(34,40(42)46)29-9-5-3-6-10-29)38(44)43(39(37)45)31-21-22-32-33(23-31)48-24-47-32/h3-23,36-37H,24H2,1-2H3/t36-,37-,41-,42-/m1/s1. The van der Waals surface area contributed by atoms with E-state index in [1.807, 2.05) is 123 Å². The fourth-order valence-corrected chi connectivity index (χ4v) is 8.84. The number of imide groups is 1. The fraction of sp³-hybridized carbons (Fsp3) is 0.167. The van der Waals surface area contributed by atoms with Gasteiger partial charge in [0.2, 0.25) is 18.6 Å². The van der Waals surface area contributed by atoms with Gasteiger partial charge in [-0.2, -0.15) is 0 Å². The largest absolute Gasteiger partial charge is 0.454 e. The Morgan fingerprint density at radius 2 is 1.02 bits per heavy atom. The predicted molar refractivity (Wildman–Crippen MR) is 182 cm³/mol. The number of carbonyl (C=O) groups excluding carboxylic acids is 3. The van der Waals surface area contributed by atoms with Gasteiger partial charge in [-0.25, -0.2) is 4.90 Å². The zero-order valence-corrected chi connectivity index (χ0v) is 26.5. The number of Topliss-reactive ketones (excluding diaryl/α,β-unsaturated/α-hetero) is 1. The molecular formula is C42H31NO5. The molecule has 2 fully saturated rings. The molecule has 2 aliphatic carbocycles. The molecule has 2 bridgehead atoms. The van der Waals surface area contributed by atoms with Gasteiger partial charge in [-0.05, 0) is 59.4 Å². The van der Waals surface area contributed by atoms with E-state index in [1.165, 1.54) is 4.90 Å². The molecule has 0 aromatic heterocycles. The van der Waals surface area contributed by atoms with Crippen molar-refractivity contribution in [3.63, 3.8) is 0 Å². The highest BCUT2D eigenvalue weighted by molar-refractivity contribution is 6.39. The summed E-state index contributed by atoms with van der Waals surface area (Å²) < 4.78 is 11.2. The van der Waals surface area contributed by atoms with Crippen molar-refractivity contribution in [2.45, 2.75) is 24.7 Å². The second-order valence-corrected chi connectivity index (χ2v) is 13.2. The summed E-state index contributed by atoms with van der Waals surface area (Å²) in [6, 6.07) is 40.6. The van der Waals surface area contributed by atoms with Crippen LogP contribution in [0.25, 0.3) is 11.1 Å². The third-order valence-electron chi connectivity index (χ3n) is 10.7.